The van der Waals surface area contributed by atoms with Crippen molar-refractivity contribution in [1.82, 2.24) is 10.2 Å². The van der Waals surface area contributed by atoms with E-state index in [0.717, 1.165) is 24.0 Å². The lowest BCUT2D eigenvalue weighted by molar-refractivity contribution is 0.0973. The SMILES string of the molecule is C[C@@H]1CC(CNC2CC2)C[C@H](C)N1C. The van der Waals surface area contributed by atoms with E-state index >= 15 is 0 Å². The molecule has 1 aliphatic heterocycles. The fourth-order valence-corrected chi connectivity index (χ4v) is 2.62. The maximum Gasteiger partial charge on any atom is 0.00698 e. The van der Waals surface area contributed by atoms with E-state index in [1.807, 2.05) is 0 Å². The quantitative estimate of drug-likeness (QED) is 0.741. The Balaban J connectivity index is 1.75. The molecule has 2 rings (SSSR count). The molecule has 1 saturated carbocycles. The van der Waals surface area contributed by atoms with Crippen molar-refractivity contribution in [2.75, 3.05) is 13.6 Å². The normalized spacial score (nSPS) is 40.1. The van der Waals surface area contributed by atoms with E-state index < -0.39 is 0 Å². The van der Waals surface area contributed by atoms with Crippen molar-refractivity contribution in [3.05, 3.63) is 0 Å². The van der Waals surface area contributed by atoms with Gasteiger partial charge in [0.05, 0.1) is 0 Å². The molecule has 3 atom stereocenters. The summed E-state index contributed by atoms with van der Waals surface area (Å²) < 4.78 is 0. The van der Waals surface area contributed by atoms with Gasteiger partial charge in [-0.05, 0) is 59.0 Å². The van der Waals surface area contributed by atoms with Crippen molar-refractivity contribution >= 4 is 0 Å². The number of hydrogen-bond acceptors (Lipinski definition) is 2. The van der Waals surface area contributed by atoms with Crippen LogP contribution >= 0.6 is 0 Å². The van der Waals surface area contributed by atoms with Crippen LogP contribution in [-0.4, -0.2) is 36.6 Å². The fraction of sp³-hybridized carbons (Fsp3) is 1.00. The van der Waals surface area contributed by atoms with Gasteiger partial charge in [-0.2, -0.15) is 0 Å². The van der Waals surface area contributed by atoms with Crippen molar-refractivity contribution in [2.24, 2.45) is 5.92 Å². The van der Waals surface area contributed by atoms with Gasteiger partial charge >= 0.3 is 0 Å². The Morgan fingerprint density at radius 3 is 2.21 bits per heavy atom. The molecule has 2 fully saturated rings. The number of hydrogen-bond donors (Lipinski definition) is 1. The van der Waals surface area contributed by atoms with Crippen molar-refractivity contribution in [3.63, 3.8) is 0 Å². The fourth-order valence-electron chi connectivity index (χ4n) is 2.62. The predicted molar refractivity (Wildman–Crippen MR) is 60.4 cm³/mol. The first-order chi connectivity index (χ1) is 6.66. The number of piperidine rings is 1. The highest BCUT2D eigenvalue weighted by molar-refractivity contribution is 4.86. The van der Waals surface area contributed by atoms with Crippen LogP contribution < -0.4 is 5.32 Å². The van der Waals surface area contributed by atoms with Gasteiger partial charge in [0.2, 0.25) is 0 Å². The first kappa shape index (κ1) is 10.4. The number of rotatable bonds is 3. The van der Waals surface area contributed by atoms with Crippen LogP contribution in [0.5, 0.6) is 0 Å². The van der Waals surface area contributed by atoms with Crippen molar-refractivity contribution < 1.29 is 0 Å². The average Bonchev–Trinajstić information content (AvgIpc) is 2.94. The van der Waals surface area contributed by atoms with E-state index in [4.69, 9.17) is 0 Å². The number of nitrogens with one attached hydrogen (secondary N) is 1. The molecule has 0 bridgehead atoms. The van der Waals surface area contributed by atoms with Gasteiger partial charge in [0.1, 0.15) is 0 Å². The first-order valence-corrected chi connectivity index (χ1v) is 6.12. The minimum Gasteiger partial charge on any atom is -0.314 e. The highest BCUT2D eigenvalue weighted by atomic mass is 15.2. The van der Waals surface area contributed by atoms with Gasteiger partial charge in [0, 0.05) is 18.1 Å². The summed E-state index contributed by atoms with van der Waals surface area (Å²) in [6.45, 7) is 5.98. The zero-order valence-electron chi connectivity index (χ0n) is 9.79. The lowest BCUT2D eigenvalue weighted by atomic mass is 9.87. The van der Waals surface area contributed by atoms with E-state index in [-0.39, 0.29) is 0 Å². The standard InChI is InChI=1S/C12H24N2/c1-9-6-11(7-10(2)14(9)3)8-13-12-4-5-12/h9-13H,4-8H2,1-3H3/t9-,10+,11?. The molecule has 0 radical (unpaired) electrons. The van der Waals surface area contributed by atoms with E-state index in [0.29, 0.717) is 0 Å². The van der Waals surface area contributed by atoms with Crippen molar-refractivity contribution in [2.45, 2.75) is 57.7 Å². The molecule has 0 spiro atoms. The zero-order chi connectivity index (χ0) is 10.1. The summed E-state index contributed by atoms with van der Waals surface area (Å²) in [5.74, 6) is 0.914. The lowest BCUT2D eigenvalue weighted by Gasteiger charge is -2.40. The summed E-state index contributed by atoms with van der Waals surface area (Å²) in [5.41, 5.74) is 0. The van der Waals surface area contributed by atoms with Crippen LogP contribution in [0.25, 0.3) is 0 Å². The summed E-state index contributed by atoms with van der Waals surface area (Å²) in [5, 5.41) is 3.66. The van der Waals surface area contributed by atoms with E-state index in [2.05, 4.69) is 31.1 Å². The Kier molecular flexibility index (Phi) is 3.13. The molecule has 0 aromatic carbocycles. The Morgan fingerprint density at radius 1 is 1.14 bits per heavy atom. The monoisotopic (exact) mass is 196 g/mol. The molecule has 1 N–H and O–H groups in total. The molecule has 1 saturated heterocycles. The molecule has 1 unspecified atom stereocenters. The second-order valence-corrected chi connectivity index (χ2v) is 5.38. The Bertz CT molecular complexity index is 177. The van der Waals surface area contributed by atoms with Crippen LogP contribution in [0.15, 0.2) is 0 Å². The predicted octanol–water partition coefficient (Wildman–Crippen LogP) is 1.86. The Labute approximate surface area is 88.1 Å². The molecule has 1 heterocycles. The minimum absolute atomic E-state index is 0.768. The van der Waals surface area contributed by atoms with Gasteiger partial charge < -0.3 is 10.2 Å². The highest BCUT2D eigenvalue weighted by Crippen LogP contribution is 2.27. The third-order valence-corrected chi connectivity index (χ3v) is 4.01. The van der Waals surface area contributed by atoms with Gasteiger partial charge in [-0.3, -0.25) is 0 Å². The molecule has 2 nitrogen and oxygen atoms in total. The van der Waals surface area contributed by atoms with Gasteiger partial charge in [0.25, 0.3) is 0 Å². The molecule has 0 aromatic rings. The maximum absolute atomic E-state index is 3.66. The van der Waals surface area contributed by atoms with Crippen LogP contribution in [-0.2, 0) is 0 Å². The summed E-state index contributed by atoms with van der Waals surface area (Å²) in [6.07, 6.45) is 5.58. The lowest BCUT2D eigenvalue weighted by Crippen LogP contribution is -2.46. The molecule has 0 amide bonds. The molecular weight excluding hydrogens is 172 g/mol. The summed E-state index contributed by atoms with van der Waals surface area (Å²) in [6, 6.07) is 2.41. The zero-order valence-corrected chi connectivity index (χ0v) is 9.79. The van der Waals surface area contributed by atoms with Gasteiger partial charge in [-0.25, -0.2) is 0 Å². The van der Waals surface area contributed by atoms with Gasteiger partial charge in [0.15, 0.2) is 0 Å². The second-order valence-electron chi connectivity index (χ2n) is 5.38. The molecule has 14 heavy (non-hydrogen) atoms. The third kappa shape index (κ3) is 2.48. The Hall–Kier alpha value is -0.0800. The van der Waals surface area contributed by atoms with Crippen LogP contribution in [0.1, 0.15) is 39.5 Å². The third-order valence-electron chi connectivity index (χ3n) is 4.01. The first-order valence-electron chi connectivity index (χ1n) is 6.12. The molecular formula is C12H24N2. The second kappa shape index (κ2) is 4.19. The van der Waals surface area contributed by atoms with Crippen LogP contribution in [0.2, 0.25) is 0 Å². The van der Waals surface area contributed by atoms with Crippen molar-refractivity contribution in [3.8, 4) is 0 Å². The van der Waals surface area contributed by atoms with Gasteiger partial charge in [-0.15, -0.1) is 0 Å². The molecule has 2 aliphatic rings. The molecule has 82 valence electrons. The van der Waals surface area contributed by atoms with Crippen LogP contribution in [0.3, 0.4) is 0 Å². The number of likely N-dealkylation sites (tertiary alicyclic amines) is 1. The highest BCUT2D eigenvalue weighted by Gasteiger charge is 2.29. The largest absolute Gasteiger partial charge is 0.314 e. The molecule has 1 aliphatic carbocycles. The minimum atomic E-state index is 0.768. The smallest absolute Gasteiger partial charge is 0.00698 e. The molecule has 0 aromatic heterocycles. The number of nitrogens with zero attached hydrogens (tertiary/aromatic N) is 1. The van der Waals surface area contributed by atoms with Crippen LogP contribution in [0.4, 0.5) is 0 Å². The van der Waals surface area contributed by atoms with Crippen molar-refractivity contribution in [1.29, 1.82) is 0 Å². The summed E-state index contributed by atoms with van der Waals surface area (Å²) in [7, 11) is 2.26. The summed E-state index contributed by atoms with van der Waals surface area (Å²) in [4.78, 5) is 2.52. The summed E-state index contributed by atoms with van der Waals surface area (Å²) >= 11 is 0. The van der Waals surface area contributed by atoms with E-state index in [1.54, 1.807) is 0 Å². The average molecular weight is 196 g/mol. The maximum atomic E-state index is 3.66. The van der Waals surface area contributed by atoms with Crippen LogP contribution in [0, 0.1) is 5.92 Å². The Morgan fingerprint density at radius 2 is 1.71 bits per heavy atom. The van der Waals surface area contributed by atoms with E-state index in [9.17, 15) is 0 Å². The van der Waals surface area contributed by atoms with E-state index in [1.165, 1.54) is 32.2 Å². The van der Waals surface area contributed by atoms with Gasteiger partial charge in [-0.1, -0.05) is 0 Å². The topological polar surface area (TPSA) is 15.3 Å². The molecule has 2 heteroatoms.